The predicted octanol–water partition coefficient (Wildman–Crippen LogP) is 7.95. The van der Waals surface area contributed by atoms with Gasteiger partial charge in [-0.1, -0.05) is 61.7 Å². The molecule has 204 valence electrons. The van der Waals surface area contributed by atoms with Gasteiger partial charge in [-0.05, 0) is 53.8 Å². The van der Waals surface area contributed by atoms with E-state index in [9.17, 15) is 23.1 Å². The van der Waals surface area contributed by atoms with Gasteiger partial charge in [0, 0.05) is 28.2 Å². The molecule has 1 aromatic heterocycles. The van der Waals surface area contributed by atoms with E-state index in [1.54, 1.807) is 29.2 Å². The normalized spacial score (nSPS) is 15.4. The number of nitrogens with two attached hydrogens (primary N) is 1. The monoisotopic (exact) mass is 556 g/mol. The average Bonchev–Trinajstić information content (AvgIpc) is 3.28. The lowest BCUT2D eigenvalue weighted by Crippen LogP contribution is -2.40. The molecular weight excluding hydrogens is 528 g/mol. The molecule has 1 aliphatic carbocycles. The van der Waals surface area contributed by atoms with Gasteiger partial charge in [0.15, 0.2) is 0 Å². The molecule has 3 aromatic carbocycles. The summed E-state index contributed by atoms with van der Waals surface area (Å²) in [6.07, 6.45) is 0.0237. The zero-order chi connectivity index (χ0) is 27.7. The van der Waals surface area contributed by atoms with Gasteiger partial charge in [0.2, 0.25) is 0 Å². The first-order valence-corrected chi connectivity index (χ1v) is 13.7. The number of aromatic hydroxyl groups is 1. The van der Waals surface area contributed by atoms with Crippen molar-refractivity contribution in [2.45, 2.75) is 56.9 Å². The lowest BCUT2D eigenvalue weighted by Gasteiger charge is -2.34. The molecule has 1 fully saturated rings. The molecule has 1 saturated carbocycles. The first-order chi connectivity index (χ1) is 18.6. The summed E-state index contributed by atoms with van der Waals surface area (Å²) in [6.45, 7) is 0.00783. The highest BCUT2D eigenvalue weighted by Gasteiger charge is 2.37. The van der Waals surface area contributed by atoms with Crippen molar-refractivity contribution in [3.63, 3.8) is 0 Å². The van der Waals surface area contributed by atoms with E-state index in [1.807, 2.05) is 12.1 Å². The van der Waals surface area contributed by atoms with Crippen LogP contribution in [0, 0.1) is 5.82 Å². The Kier molecular flexibility index (Phi) is 7.64. The Balaban J connectivity index is 1.46. The minimum Gasteiger partial charge on any atom is -0.506 e. The minimum absolute atomic E-state index is 0.00783. The van der Waals surface area contributed by atoms with Crippen molar-refractivity contribution in [2.24, 2.45) is 5.73 Å². The fraction of sp³-hybridized carbons (Fsp3) is 0.300. The molecule has 5 rings (SSSR count). The number of hydrogen-bond donors (Lipinski definition) is 2. The summed E-state index contributed by atoms with van der Waals surface area (Å²) in [5.74, 6) is -0.882. The van der Waals surface area contributed by atoms with E-state index < -0.39 is 18.0 Å². The van der Waals surface area contributed by atoms with Crippen LogP contribution in [0.25, 0.3) is 21.2 Å². The van der Waals surface area contributed by atoms with Crippen molar-refractivity contribution >= 4 is 27.3 Å². The summed E-state index contributed by atoms with van der Waals surface area (Å²) in [6, 6.07) is 15.2. The number of nitrogens with zero attached hydrogens (tertiary/aromatic N) is 1. The molecule has 0 spiro atoms. The van der Waals surface area contributed by atoms with Crippen LogP contribution >= 0.6 is 11.3 Å². The molecule has 39 heavy (non-hydrogen) atoms. The molecule has 3 N–H and O–H groups in total. The van der Waals surface area contributed by atoms with Crippen molar-refractivity contribution in [3.8, 4) is 16.9 Å². The fourth-order valence-corrected chi connectivity index (χ4v) is 6.25. The van der Waals surface area contributed by atoms with Gasteiger partial charge >= 0.3 is 6.18 Å². The standard InChI is InChI=1S/C30H28F4N2O2S/c31-24-15-14-20(18-10-12-19(13-11-18)28(35)30(32,33)34)16-21(24)17-36(22-6-2-1-3-7-22)29(38)27-26(37)23-8-4-5-9-25(23)39-27/h4-5,8-16,22,28,37H,1-3,6-7,17,35H2. The zero-order valence-corrected chi connectivity index (χ0v) is 21.9. The number of carbonyl (C=O) groups excluding carboxylic acids is 1. The molecule has 4 nitrogen and oxygen atoms in total. The van der Waals surface area contributed by atoms with Crippen molar-refractivity contribution in [3.05, 3.63) is 88.6 Å². The van der Waals surface area contributed by atoms with Crippen LogP contribution in [-0.4, -0.2) is 28.1 Å². The van der Waals surface area contributed by atoms with Gasteiger partial charge in [0.1, 0.15) is 22.5 Å². The molecule has 1 atom stereocenters. The van der Waals surface area contributed by atoms with E-state index in [0.717, 1.165) is 36.8 Å². The first kappa shape index (κ1) is 27.1. The zero-order valence-electron chi connectivity index (χ0n) is 21.0. The van der Waals surface area contributed by atoms with Crippen LogP contribution < -0.4 is 5.73 Å². The first-order valence-electron chi connectivity index (χ1n) is 12.9. The number of benzene rings is 3. The van der Waals surface area contributed by atoms with Crippen LogP contribution in [0.5, 0.6) is 5.75 Å². The number of alkyl halides is 3. The van der Waals surface area contributed by atoms with Gasteiger partial charge < -0.3 is 15.7 Å². The minimum atomic E-state index is -4.55. The van der Waals surface area contributed by atoms with Crippen molar-refractivity contribution in [1.82, 2.24) is 4.90 Å². The highest BCUT2D eigenvalue weighted by atomic mass is 32.1. The van der Waals surface area contributed by atoms with Gasteiger partial charge in [-0.2, -0.15) is 13.2 Å². The van der Waals surface area contributed by atoms with E-state index in [1.165, 1.54) is 41.7 Å². The van der Waals surface area contributed by atoms with E-state index in [0.29, 0.717) is 22.1 Å². The van der Waals surface area contributed by atoms with Gasteiger partial charge in [-0.3, -0.25) is 4.79 Å². The molecule has 9 heteroatoms. The van der Waals surface area contributed by atoms with Crippen LogP contribution in [0.1, 0.15) is 58.9 Å². The smallest absolute Gasteiger partial charge is 0.407 e. The Morgan fingerprint density at radius 2 is 1.67 bits per heavy atom. The summed E-state index contributed by atoms with van der Waals surface area (Å²) in [5.41, 5.74) is 6.76. The quantitative estimate of drug-likeness (QED) is 0.237. The van der Waals surface area contributed by atoms with Crippen LogP contribution in [0.4, 0.5) is 17.6 Å². The summed E-state index contributed by atoms with van der Waals surface area (Å²) in [4.78, 5) is 15.7. The van der Waals surface area contributed by atoms with E-state index in [4.69, 9.17) is 5.73 Å². The Bertz CT molecular complexity index is 1480. The van der Waals surface area contributed by atoms with Crippen LogP contribution in [0.2, 0.25) is 0 Å². The second-order valence-corrected chi connectivity index (χ2v) is 11.0. The topological polar surface area (TPSA) is 66.6 Å². The third-order valence-corrected chi connectivity index (χ3v) is 8.53. The van der Waals surface area contributed by atoms with Crippen LogP contribution in [-0.2, 0) is 6.54 Å². The number of thiophene rings is 1. The summed E-state index contributed by atoms with van der Waals surface area (Å²) in [5, 5.41) is 11.4. The van der Waals surface area contributed by atoms with Crippen LogP contribution in [0.3, 0.4) is 0 Å². The number of amides is 1. The average molecular weight is 557 g/mol. The number of halogens is 4. The maximum atomic E-state index is 15.1. The second-order valence-electron chi connectivity index (χ2n) is 9.95. The molecule has 1 unspecified atom stereocenters. The number of fused-ring (bicyclic) bond motifs is 1. The van der Waals surface area contributed by atoms with Gasteiger partial charge in [-0.25, -0.2) is 4.39 Å². The molecule has 0 aliphatic heterocycles. The van der Waals surface area contributed by atoms with Crippen molar-refractivity contribution in [1.29, 1.82) is 0 Å². The highest BCUT2D eigenvalue weighted by molar-refractivity contribution is 7.21. The highest BCUT2D eigenvalue weighted by Crippen LogP contribution is 2.39. The van der Waals surface area contributed by atoms with E-state index >= 15 is 4.39 Å². The molecule has 1 aliphatic rings. The van der Waals surface area contributed by atoms with Crippen molar-refractivity contribution < 1.29 is 27.5 Å². The van der Waals surface area contributed by atoms with Gasteiger partial charge in [-0.15, -0.1) is 11.3 Å². The summed E-state index contributed by atoms with van der Waals surface area (Å²) >= 11 is 1.22. The molecule has 0 bridgehead atoms. The molecule has 0 saturated heterocycles. The van der Waals surface area contributed by atoms with Gasteiger partial charge in [0.05, 0.1) is 0 Å². The Morgan fingerprint density at radius 3 is 2.33 bits per heavy atom. The molecule has 0 radical (unpaired) electrons. The number of rotatable bonds is 6. The summed E-state index contributed by atoms with van der Waals surface area (Å²) in [7, 11) is 0. The van der Waals surface area contributed by atoms with E-state index in [-0.39, 0.29) is 34.7 Å². The molecule has 4 aromatic rings. The Labute approximate surface area is 227 Å². The largest absolute Gasteiger partial charge is 0.506 e. The van der Waals surface area contributed by atoms with Crippen LogP contribution in [0.15, 0.2) is 66.7 Å². The Morgan fingerprint density at radius 1 is 1.00 bits per heavy atom. The second kappa shape index (κ2) is 11.0. The summed E-state index contributed by atoms with van der Waals surface area (Å²) < 4.78 is 54.9. The molecular formula is C30H28F4N2O2S. The maximum absolute atomic E-state index is 15.1. The SMILES string of the molecule is NC(c1ccc(-c2ccc(F)c(CN(C(=O)c3sc4ccccc4c3O)C3CCCCC3)c2)cc1)C(F)(F)F. The predicted molar refractivity (Wildman–Crippen MR) is 145 cm³/mol. The van der Waals surface area contributed by atoms with Crippen molar-refractivity contribution in [2.75, 3.05) is 0 Å². The fourth-order valence-electron chi connectivity index (χ4n) is 5.20. The molecule has 1 amide bonds. The Hall–Kier alpha value is -3.43. The maximum Gasteiger partial charge on any atom is 0.407 e. The third kappa shape index (κ3) is 5.65. The third-order valence-electron chi connectivity index (χ3n) is 7.38. The number of carbonyl (C=O) groups is 1. The lowest BCUT2D eigenvalue weighted by molar-refractivity contribution is -0.149. The number of hydrogen-bond acceptors (Lipinski definition) is 4. The lowest BCUT2D eigenvalue weighted by atomic mass is 9.93. The molecule has 1 heterocycles. The van der Waals surface area contributed by atoms with Gasteiger partial charge in [0.25, 0.3) is 5.91 Å². The van der Waals surface area contributed by atoms with E-state index in [2.05, 4.69) is 0 Å².